The second kappa shape index (κ2) is 7.11. The molecular formula is C23H20N6O. The Morgan fingerprint density at radius 2 is 1.87 bits per heavy atom. The molecule has 1 atom stereocenters. The Labute approximate surface area is 172 Å². The molecule has 0 fully saturated rings. The summed E-state index contributed by atoms with van der Waals surface area (Å²) in [6.07, 6.45) is 3.09. The van der Waals surface area contributed by atoms with Crippen LogP contribution >= 0.6 is 0 Å². The number of aromatic amines is 1. The van der Waals surface area contributed by atoms with Gasteiger partial charge >= 0.3 is 0 Å². The minimum atomic E-state index is -0.187. The largest absolute Gasteiger partial charge is 0.362 e. The molecule has 0 amide bonds. The van der Waals surface area contributed by atoms with Crippen molar-refractivity contribution in [1.29, 1.82) is 0 Å². The summed E-state index contributed by atoms with van der Waals surface area (Å²) >= 11 is 0. The highest BCUT2D eigenvalue weighted by molar-refractivity contribution is 5.82. The summed E-state index contributed by atoms with van der Waals surface area (Å²) in [4.78, 5) is 29.4. The molecule has 4 aromatic heterocycles. The van der Waals surface area contributed by atoms with Gasteiger partial charge in [0, 0.05) is 11.2 Å². The molecule has 148 valence electrons. The zero-order chi connectivity index (χ0) is 20.7. The third kappa shape index (κ3) is 2.91. The van der Waals surface area contributed by atoms with E-state index in [1.54, 1.807) is 10.7 Å². The van der Waals surface area contributed by atoms with Crippen LogP contribution < -0.4 is 10.9 Å². The first-order valence-electron chi connectivity index (χ1n) is 9.75. The maximum absolute atomic E-state index is 13.6. The first-order valence-corrected chi connectivity index (χ1v) is 9.75. The number of benzene rings is 1. The van der Waals surface area contributed by atoms with Gasteiger partial charge in [-0.05, 0) is 43.2 Å². The van der Waals surface area contributed by atoms with Crippen molar-refractivity contribution in [1.82, 2.24) is 24.3 Å². The summed E-state index contributed by atoms with van der Waals surface area (Å²) in [5.41, 5.74) is 5.52. The number of anilines is 1. The van der Waals surface area contributed by atoms with E-state index < -0.39 is 0 Å². The van der Waals surface area contributed by atoms with Crippen LogP contribution in [-0.4, -0.2) is 24.3 Å². The van der Waals surface area contributed by atoms with Crippen molar-refractivity contribution in [3.05, 3.63) is 88.9 Å². The van der Waals surface area contributed by atoms with Crippen LogP contribution in [0, 0.1) is 6.92 Å². The van der Waals surface area contributed by atoms with Gasteiger partial charge in [-0.2, -0.15) is 0 Å². The van der Waals surface area contributed by atoms with Crippen LogP contribution in [0.5, 0.6) is 0 Å². The summed E-state index contributed by atoms with van der Waals surface area (Å²) in [6.45, 7) is 3.97. The molecule has 0 aliphatic carbocycles. The smallest absolute Gasteiger partial charge is 0.263 e. The second-order valence-electron chi connectivity index (χ2n) is 7.26. The van der Waals surface area contributed by atoms with Gasteiger partial charge in [0.05, 0.1) is 17.9 Å². The molecule has 0 aliphatic rings. The normalized spacial score (nSPS) is 12.3. The van der Waals surface area contributed by atoms with Crippen LogP contribution in [0.15, 0.2) is 72.0 Å². The predicted octanol–water partition coefficient (Wildman–Crippen LogP) is 4.11. The number of nitrogens with zero attached hydrogens (tertiary/aromatic N) is 4. The van der Waals surface area contributed by atoms with Gasteiger partial charge in [-0.3, -0.25) is 9.20 Å². The molecule has 1 aromatic carbocycles. The number of fused-ring (bicyclic) bond motifs is 2. The van der Waals surface area contributed by atoms with Gasteiger partial charge in [0.2, 0.25) is 0 Å². The Hall–Kier alpha value is -4.00. The highest BCUT2D eigenvalue weighted by Crippen LogP contribution is 2.30. The summed E-state index contributed by atoms with van der Waals surface area (Å²) in [5.74, 6) is 0.622. The Balaban J connectivity index is 1.71. The van der Waals surface area contributed by atoms with E-state index in [1.807, 2.05) is 62.4 Å². The fraction of sp³-hybridized carbons (Fsp3) is 0.130. The molecule has 0 spiro atoms. The Morgan fingerprint density at radius 1 is 1.03 bits per heavy atom. The van der Waals surface area contributed by atoms with E-state index in [4.69, 9.17) is 0 Å². The van der Waals surface area contributed by atoms with Gasteiger partial charge in [0.15, 0.2) is 11.5 Å². The number of hydrogen-bond donors (Lipinski definition) is 2. The molecule has 0 aliphatic heterocycles. The average Bonchev–Trinajstić information content (AvgIpc) is 3.24. The third-order valence-corrected chi connectivity index (χ3v) is 5.32. The summed E-state index contributed by atoms with van der Waals surface area (Å²) < 4.78 is 1.76. The molecule has 2 N–H and O–H groups in total. The monoisotopic (exact) mass is 396 g/mol. The standard InChI is InChI=1S/C23H20N6O/c1-14-7-6-10-17-11-18(19(23(30)29(14)17)16-8-4-3-5-9-16)15(2)28-22-20-21(25-12-24-20)26-13-27-22/h3-13,15H,1-2H3,(H2,24,25,26,27,28). The highest BCUT2D eigenvalue weighted by atomic mass is 16.1. The molecule has 7 nitrogen and oxygen atoms in total. The molecule has 30 heavy (non-hydrogen) atoms. The SMILES string of the molecule is Cc1cccc2cc(C(C)Nc3ncnc4[nH]cnc34)c(-c3ccccc3)c(=O)n12. The number of rotatable bonds is 4. The molecule has 0 saturated heterocycles. The van der Waals surface area contributed by atoms with Gasteiger partial charge in [0.1, 0.15) is 11.8 Å². The number of hydrogen-bond acceptors (Lipinski definition) is 5. The van der Waals surface area contributed by atoms with Crippen molar-refractivity contribution in [2.45, 2.75) is 19.9 Å². The third-order valence-electron chi connectivity index (χ3n) is 5.32. The van der Waals surface area contributed by atoms with E-state index in [-0.39, 0.29) is 11.6 Å². The lowest BCUT2D eigenvalue weighted by molar-refractivity contribution is 0.867. The van der Waals surface area contributed by atoms with E-state index >= 15 is 0 Å². The first-order chi connectivity index (χ1) is 14.6. The number of pyridine rings is 2. The Bertz CT molecular complexity index is 1420. The van der Waals surface area contributed by atoms with Crippen LogP contribution in [0.1, 0.15) is 24.2 Å². The molecule has 0 bridgehead atoms. The van der Waals surface area contributed by atoms with Crippen molar-refractivity contribution < 1.29 is 0 Å². The van der Waals surface area contributed by atoms with Crippen LogP contribution in [0.3, 0.4) is 0 Å². The molecule has 0 saturated carbocycles. The van der Waals surface area contributed by atoms with Gasteiger partial charge in [0.25, 0.3) is 5.56 Å². The molecule has 1 unspecified atom stereocenters. The van der Waals surface area contributed by atoms with E-state index in [2.05, 4.69) is 31.3 Å². The number of nitrogens with one attached hydrogen (secondary N) is 2. The van der Waals surface area contributed by atoms with Crippen LogP contribution in [0.4, 0.5) is 5.82 Å². The Morgan fingerprint density at radius 3 is 2.70 bits per heavy atom. The van der Waals surface area contributed by atoms with Crippen LogP contribution in [0.25, 0.3) is 27.8 Å². The molecule has 5 rings (SSSR count). The minimum absolute atomic E-state index is 0.0342. The summed E-state index contributed by atoms with van der Waals surface area (Å²) in [6, 6.07) is 17.5. The number of aryl methyl sites for hydroxylation is 1. The quantitative estimate of drug-likeness (QED) is 0.477. The molecule has 5 aromatic rings. The lowest BCUT2D eigenvalue weighted by atomic mass is 9.96. The Kier molecular flexibility index (Phi) is 4.28. The van der Waals surface area contributed by atoms with Gasteiger partial charge < -0.3 is 10.3 Å². The van der Waals surface area contributed by atoms with Crippen molar-refractivity contribution in [2.24, 2.45) is 0 Å². The molecular weight excluding hydrogens is 376 g/mol. The van der Waals surface area contributed by atoms with Crippen LogP contribution in [0.2, 0.25) is 0 Å². The number of H-pyrrole nitrogens is 1. The number of imidazole rings is 1. The van der Waals surface area contributed by atoms with Crippen LogP contribution in [-0.2, 0) is 0 Å². The van der Waals surface area contributed by atoms with E-state index in [1.165, 1.54) is 6.33 Å². The first kappa shape index (κ1) is 18.1. The van der Waals surface area contributed by atoms with E-state index in [0.29, 0.717) is 22.5 Å². The zero-order valence-corrected chi connectivity index (χ0v) is 16.6. The zero-order valence-electron chi connectivity index (χ0n) is 16.6. The lowest BCUT2D eigenvalue weighted by Crippen LogP contribution is -2.22. The highest BCUT2D eigenvalue weighted by Gasteiger charge is 2.20. The topological polar surface area (TPSA) is 88.0 Å². The van der Waals surface area contributed by atoms with Gasteiger partial charge in [-0.25, -0.2) is 15.0 Å². The maximum atomic E-state index is 13.6. The van der Waals surface area contributed by atoms with Gasteiger partial charge in [-0.15, -0.1) is 0 Å². The van der Waals surface area contributed by atoms with Crippen molar-refractivity contribution in [2.75, 3.05) is 5.32 Å². The fourth-order valence-electron chi connectivity index (χ4n) is 3.89. The van der Waals surface area contributed by atoms with E-state index in [0.717, 1.165) is 22.3 Å². The van der Waals surface area contributed by atoms with Crippen molar-refractivity contribution in [3.8, 4) is 11.1 Å². The lowest BCUT2D eigenvalue weighted by Gasteiger charge is -2.20. The maximum Gasteiger partial charge on any atom is 0.263 e. The molecule has 4 heterocycles. The van der Waals surface area contributed by atoms with Gasteiger partial charge in [-0.1, -0.05) is 36.4 Å². The fourth-order valence-corrected chi connectivity index (χ4v) is 3.89. The molecule has 7 heteroatoms. The predicted molar refractivity (Wildman–Crippen MR) is 118 cm³/mol. The summed E-state index contributed by atoms with van der Waals surface area (Å²) in [7, 11) is 0. The van der Waals surface area contributed by atoms with E-state index in [9.17, 15) is 4.79 Å². The summed E-state index contributed by atoms with van der Waals surface area (Å²) in [5, 5.41) is 3.42. The minimum Gasteiger partial charge on any atom is -0.362 e. The average molecular weight is 396 g/mol. The number of aromatic nitrogens is 5. The second-order valence-corrected chi connectivity index (χ2v) is 7.26. The van der Waals surface area contributed by atoms with Crippen molar-refractivity contribution >= 4 is 22.5 Å². The van der Waals surface area contributed by atoms with Crippen molar-refractivity contribution in [3.63, 3.8) is 0 Å². The molecule has 0 radical (unpaired) electrons.